The van der Waals surface area contributed by atoms with Gasteiger partial charge in [0.05, 0.1) is 36.2 Å². The number of carbonyl (C=O) groups is 4. The highest BCUT2D eigenvalue weighted by Gasteiger charge is 2.62. The van der Waals surface area contributed by atoms with E-state index in [9.17, 15) is 32.7 Å². The monoisotopic (exact) mass is 813 g/mol. The predicted octanol–water partition coefficient (Wildman–Crippen LogP) is 3.86. The molecule has 3 aromatic rings. The number of nitrogens with one attached hydrogen (secondary N) is 2. The van der Waals surface area contributed by atoms with Crippen LogP contribution in [0.25, 0.3) is 22.2 Å². The van der Waals surface area contributed by atoms with Crippen LogP contribution in [-0.2, 0) is 29.2 Å². The number of ether oxygens (including phenoxy) is 2. The molecular weight excluding hydrogens is 763 g/mol. The van der Waals surface area contributed by atoms with Gasteiger partial charge in [-0.25, -0.2) is 13.4 Å². The summed E-state index contributed by atoms with van der Waals surface area (Å²) in [6.07, 6.45) is 7.69. The molecule has 4 fully saturated rings. The Morgan fingerprint density at radius 1 is 1.02 bits per heavy atom. The number of benzene rings is 2. The van der Waals surface area contributed by atoms with Crippen molar-refractivity contribution in [1.29, 1.82) is 0 Å². The molecule has 0 bridgehead atoms. The number of aromatic nitrogens is 1. The largest absolute Gasteiger partial charge is 0.497 e. The molecule has 1 aromatic heterocycles. The minimum atomic E-state index is -3.90. The van der Waals surface area contributed by atoms with Crippen LogP contribution in [0.5, 0.6) is 11.5 Å². The van der Waals surface area contributed by atoms with E-state index in [1.54, 1.807) is 12.0 Å². The summed E-state index contributed by atoms with van der Waals surface area (Å²) in [5, 5.41) is 13.1. The van der Waals surface area contributed by atoms with E-state index in [0.29, 0.717) is 73.2 Å². The zero-order valence-corrected chi connectivity index (χ0v) is 33.5. The molecule has 0 unspecified atom stereocenters. The first kappa shape index (κ1) is 39.8. The van der Waals surface area contributed by atoms with Gasteiger partial charge in [-0.3, -0.25) is 23.9 Å². The number of carbonyl (C=O) groups excluding carboxylic acids is 4. The van der Waals surface area contributed by atoms with Crippen molar-refractivity contribution in [2.45, 2.75) is 99.7 Å². The third kappa shape index (κ3) is 8.42. The predicted molar refractivity (Wildman–Crippen MR) is 215 cm³/mol. The Hall–Kier alpha value is -5.02. The summed E-state index contributed by atoms with van der Waals surface area (Å²) < 4.78 is 40.3. The van der Waals surface area contributed by atoms with Crippen LogP contribution in [-0.4, -0.2) is 108 Å². The Labute approximate surface area is 338 Å². The van der Waals surface area contributed by atoms with E-state index in [2.05, 4.69) is 10.0 Å². The summed E-state index contributed by atoms with van der Waals surface area (Å²) >= 11 is 0. The lowest BCUT2D eigenvalue weighted by atomic mass is 9.94. The lowest BCUT2D eigenvalue weighted by Crippen LogP contribution is -2.57. The van der Waals surface area contributed by atoms with Crippen molar-refractivity contribution in [1.82, 2.24) is 24.8 Å². The van der Waals surface area contributed by atoms with E-state index in [-0.39, 0.29) is 44.2 Å². The molecule has 4 heterocycles. The molecule has 0 radical (unpaired) electrons. The van der Waals surface area contributed by atoms with Gasteiger partial charge in [0.25, 0.3) is 5.91 Å². The summed E-state index contributed by atoms with van der Waals surface area (Å²) in [6.45, 7) is 0.662. The minimum Gasteiger partial charge on any atom is -0.497 e. The standard InChI is InChI=1S/C43H51N5O9S/c1-56-31-14-17-34-36(21-31)44-35(27-10-7-5-8-11-27)23-38(34)57-32-22-37-40(51)45-43(42(53)46-58(54,55)33-15-16-33)24-29(43)13-9-4-2-3-6-12-28(41(52)48(37)26-32)20-39(50)47-19-18-30(49)25-47/h5,7-11,13-14,17,21,23,28-30,32-33,37,49H,2-4,6,12,15-16,18-20,22,24-26H2,1H3,(H,45,51)(H,46,53)/t28-,29-,30+,32-,37+,43-/m1/s1. The summed E-state index contributed by atoms with van der Waals surface area (Å²) in [5.41, 5.74) is 0.653. The number of aliphatic hydroxyl groups is 1. The number of allylic oxidation sites excluding steroid dienone is 1. The molecular formula is C43H51N5O9S. The molecule has 6 atom stereocenters. The van der Waals surface area contributed by atoms with Crippen LogP contribution in [0.1, 0.15) is 70.6 Å². The first-order valence-electron chi connectivity index (χ1n) is 20.5. The molecule has 3 N–H and O–H groups in total. The summed E-state index contributed by atoms with van der Waals surface area (Å²) in [4.78, 5) is 64.8. The third-order valence-electron chi connectivity index (χ3n) is 12.2. The molecule has 15 heteroatoms. The first-order valence-corrected chi connectivity index (χ1v) is 22.0. The maximum Gasteiger partial charge on any atom is 0.259 e. The number of amides is 4. The van der Waals surface area contributed by atoms with Gasteiger partial charge in [-0.15, -0.1) is 0 Å². The number of hydrogen-bond donors (Lipinski definition) is 3. The Kier molecular flexibility index (Phi) is 11.2. The fourth-order valence-electron chi connectivity index (χ4n) is 8.62. The van der Waals surface area contributed by atoms with Crippen LogP contribution in [0.4, 0.5) is 0 Å². The van der Waals surface area contributed by atoms with E-state index >= 15 is 0 Å². The van der Waals surface area contributed by atoms with E-state index in [1.807, 2.05) is 66.7 Å². The molecule has 8 rings (SSSR count). The quantitative estimate of drug-likeness (QED) is 0.268. The highest BCUT2D eigenvalue weighted by molar-refractivity contribution is 7.91. The lowest BCUT2D eigenvalue weighted by Gasteiger charge is -2.30. The Balaban J connectivity index is 1.12. The van der Waals surface area contributed by atoms with Crippen LogP contribution >= 0.6 is 0 Å². The second-order valence-corrected chi connectivity index (χ2v) is 18.4. The maximum atomic E-state index is 14.8. The molecule has 3 aliphatic heterocycles. The number of β-amino-alcohol motifs (C(OH)–C–C–N with tert-alkyl or cyclic N) is 1. The van der Waals surface area contributed by atoms with Crippen molar-refractivity contribution in [3.05, 3.63) is 66.7 Å². The molecule has 58 heavy (non-hydrogen) atoms. The zero-order valence-electron chi connectivity index (χ0n) is 32.7. The van der Waals surface area contributed by atoms with Gasteiger partial charge in [0.15, 0.2) is 0 Å². The number of likely N-dealkylation sites (tertiary alicyclic amines) is 1. The zero-order chi connectivity index (χ0) is 40.6. The van der Waals surface area contributed by atoms with Gasteiger partial charge in [0, 0.05) is 60.8 Å². The SMILES string of the molecule is COc1ccc2c(O[C@@H]3C[C@H]4C(=O)N[C@]5(C(=O)NS(=O)(=O)C6CC6)C[C@H]5C=CCCCCC[C@H](CC(=O)N5CC[C@H](O)C5)C(=O)N4C3)cc(-c3ccccc3)nc2c1. The number of fused-ring (bicyclic) bond motifs is 3. The van der Waals surface area contributed by atoms with Gasteiger partial charge in [0.2, 0.25) is 27.7 Å². The minimum absolute atomic E-state index is 0.0310. The Morgan fingerprint density at radius 2 is 1.83 bits per heavy atom. The first-order chi connectivity index (χ1) is 27.9. The van der Waals surface area contributed by atoms with Crippen molar-refractivity contribution >= 4 is 44.6 Å². The fourth-order valence-corrected chi connectivity index (χ4v) is 9.99. The van der Waals surface area contributed by atoms with E-state index in [0.717, 1.165) is 18.4 Å². The number of sulfonamides is 1. The number of rotatable bonds is 9. The molecule has 0 spiro atoms. The van der Waals surface area contributed by atoms with Crippen molar-refractivity contribution in [2.24, 2.45) is 11.8 Å². The van der Waals surface area contributed by atoms with Gasteiger partial charge in [0.1, 0.15) is 29.2 Å². The normalized spacial score (nSPS) is 27.9. The average molecular weight is 814 g/mol. The molecule has 14 nitrogen and oxygen atoms in total. The summed E-state index contributed by atoms with van der Waals surface area (Å²) in [5.74, 6) is -1.98. The topological polar surface area (TPSA) is 185 Å². The number of nitrogens with zero attached hydrogens (tertiary/aromatic N) is 3. The number of pyridine rings is 1. The van der Waals surface area contributed by atoms with Crippen molar-refractivity contribution in [3.63, 3.8) is 0 Å². The average Bonchev–Trinajstić information content (AvgIpc) is 4.11. The van der Waals surface area contributed by atoms with Crippen molar-refractivity contribution in [2.75, 3.05) is 26.7 Å². The van der Waals surface area contributed by atoms with Gasteiger partial charge in [-0.2, -0.15) is 0 Å². The van der Waals surface area contributed by atoms with Crippen LogP contribution in [0, 0.1) is 11.8 Å². The number of hydrogen-bond acceptors (Lipinski definition) is 10. The van der Waals surface area contributed by atoms with Crippen LogP contribution in [0.3, 0.4) is 0 Å². The fraction of sp³-hybridized carbons (Fsp3) is 0.512. The lowest BCUT2D eigenvalue weighted by molar-refractivity contribution is -0.145. The Morgan fingerprint density at radius 3 is 2.57 bits per heavy atom. The number of aliphatic hydroxyl groups excluding tert-OH is 1. The van der Waals surface area contributed by atoms with Crippen LogP contribution in [0.2, 0.25) is 0 Å². The maximum absolute atomic E-state index is 14.8. The summed E-state index contributed by atoms with van der Waals surface area (Å²) in [7, 11) is -2.32. The van der Waals surface area contributed by atoms with Crippen LogP contribution < -0.4 is 19.5 Å². The van der Waals surface area contributed by atoms with Crippen LogP contribution in [0.15, 0.2) is 66.7 Å². The molecule has 2 saturated carbocycles. The second-order valence-electron chi connectivity index (χ2n) is 16.4. The second kappa shape index (κ2) is 16.3. The molecule has 308 valence electrons. The van der Waals surface area contributed by atoms with Gasteiger partial charge < -0.3 is 29.7 Å². The van der Waals surface area contributed by atoms with E-state index < -0.39 is 62.7 Å². The molecule has 2 saturated heterocycles. The van der Waals surface area contributed by atoms with Gasteiger partial charge in [-0.1, -0.05) is 55.3 Å². The van der Waals surface area contributed by atoms with Crippen molar-refractivity contribution < 1.29 is 42.2 Å². The summed E-state index contributed by atoms with van der Waals surface area (Å²) in [6, 6.07) is 15.9. The third-order valence-corrected chi connectivity index (χ3v) is 14.1. The van der Waals surface area contributed by atoms with Crippen molar-refractivity contribution in [3.8, 4) is 22.8 Å². The number of methoxy groups -OCH3 is 1. The highest BCUT2D eigenvalue weighted by atomic mass is 32.2. The van der Waals surface area contributed by atoms with Gasteiger partial charge >= 0.3 is 0 Å². The van der Waals surface area contributed by atoms with E-state index in [1.165, 1.54) is 4.90 Å². The Bertz CT molecular complexity index is 2210. The molecule has 2 aromatic carbocycles. The van der Waals surface area contributed by atoms with Gasteiger partial charge in [-0.05, 0) is 57.1 Å². The molecule has 2 aliphatic carbocycles. The smallest absolute Gasteiger partial charge is 0.259 e. The molecule has 5 aliphatic rings. The van der Waals surface area contributed by atoms with E-state index in [4.69, 9.17) is 14.5 Å². The highest BCUT2D eigenvalue weighted by Crippen LogP contribution is 2.46. The molecule has 4 amide bonds.